The van der Waals surface area contributed by atoms with Gasteiger partial charge in [-0.3, -0.25) is 10.2 Å². The van der Waals surface area contributed by atoms with Gasteiger partial charge in [-0.1, -0.05) is 17.7 Å². The Morgan fingerprint density at radius 3 is 2.41 bits per heavy atom. The van der Waals surface area contributed by atoms with E-state index in [4.69, 9.17) is 16.0 Å². The highest BCUT2D eigenvalue weighted by Crippen LogP contribution is 2.22. The second-order valence-electron chi connectivity index (χ2n) is 4.82. The van der Waals surface area contributed by atoms with Crippen LogP contribution >= 0.6 is 11.6 Å². The molecular weight excluding hydrogens is 328 g/mol. The van der Waals surface area contributed by atoms with Crippen LogP contribution in [0.1, 0.15) is 27.4 Å². The molecule has 2 aromatic rings. The average Bonchev–Trinajstić information content (AvgIpc) is 2.74. The Kier molecular flexibility index (Phi) is 4.60. The van der Waals surface area contributed by atoms with Crippen molar-refractivity contribution in [3.8, 4) is 0 Å². The summed E-state index contributed by atoms with van der Waals surface area (Å²) in [5.41, 5.74) is 3.23. The quantitative estimate of drug-likeness (QED) is 0.835. The Morgan fingerprint density at radius 2 is 1.86 bits per heavy atom. The molecule has 0 aliphatic rings. The van der Waals surface area contributed by atoms with E-state index in [-0.39, 0.29) is 15.5 Å². The van der Waals surface area contributed by atoms with E-state index in [1.807, 2.05) is 4.83 Å². The molecule has 1 aromatic heterocycles. The van der Waals surface area contributed by atoms with Gasteiger partial charge < -0.3 is 4.42 Å². The first-order valence-electron chi connectivity index (χ1n) is 6.36. The van der Waals surface area contributed by atoms with Crippen LogP contribution in [0, 0.1) is 20.8 Å². The maximum Gasteiger partial charge on any atom is 0.269 e. The molecule has 2 rings (SSSR count). The predicted molar refractivity (Wildman–Crippen MR) is 82.2 cm³/mol. The third-order valence-electron chi connectivity index (χ3n) is 2.96. The number of nitrogens with one attached hydrogen (secondary N) is 2. The monoisotopic (exact) mass is 342 g/mol. The van der Waals surface area contributed by atoms with E-state index in [2.05, 4.69) is 5.43 Å². The summed E-state index contributed by atoms with van der Waals surface area (Å²) in [6, 6.07) is 6.05. The molecule has 0 radical (unpaired) electrons. The van der Waals surface area contributed by atoms with Gasteiger partial charge in [0.2, 0.25) is 0 Å². The number of carbonyl (C=O) groups excluding carboxylic acids is 1. The van der Waals surface area contributed by atoms with Crippen molar-refractivity contribution in [2.75, 3.05) is 0 Å². The van der Waals surface area contributed by atoms with Gasteiger partial charge in [-0.15, -0.1) is 4.83 Å². The Labute approximate surface area is 133 Å². The maximum absolute atomic E-state index is 12.2. The van der Waals surface area contributed by atoms with Crippen molar-refractivity contribution in [3.05, 3.63) is 51.9 Å². The van der Waals surface area contributed by atoms with Gasteiger partial charge in [0, 0.05) is 0 Å². The van der Waals surface area contributed by atoms with E-state index < -0.39 is 15.9 Å². The zero-order chi connectivity index (χ0) is 16.5. The first kappa shape index (κ1) is 16.5. The molecule has 118 valence electrons. The number of halogens is 1. The summed E-state index contributed by atoms with van der Waals surface area (Å²) < 4.78 is 29.5. The number of furan rings is 1. The van der Waals surface area contributed by atoms with Gasteiger partial charge in [-0.05, 0) is 44.5 Å². The van der Waals surface area contributed by atoms with E-state index in [0.29, 0.717) is 11.5 Å². The standard InChI is InChI=1S/C14H15ClN2O4S/c1-8-4-5-13(12(15)6-8)22(19,20)17-16-14(18)11-7-9(2)21-10(11)3/h4-7,17H,1-3H3,(H,16,18). The highest BCUT2D eigenvalue weighted by molar-refractivity contribution is 7.89. The van der Waals surface area contributed by atoms with Gasteiger partial charge in [0.15, 0.2) is 0 Å². The molecule has 0 aliphatic carbocycles. The molecule has 6 nitrogen and oxygen atoms in total. The lowest BCUT2D eigenvalue weighted by atomic mass is 10.2. The molecule has 0 saturated carbocycles. The fraction of sp³-hybridized carbons (Fsp3) is 0.214. The van der Waals surface area contributed by atoms with Crippen LogP contribution in [-0.4, -0.2) is 14.3 Å². The van der Waals surface area contributed by atoms with E-state index in [0.717, 1.165) is 5.56 Å². The van der Waals surface area contributed by atoms with Crippen LogP contribution in [-0.2, 0) is 10.0 Å². The van der Waals surface area contributed by atoms with Crippen LogP contribution in [0.15, 0.2) is 33.6 Å². The van der Waals surface area contributed by atoms with Crippen molar-refractivity contribution in [1.82, 2.24) is 10.3 Å². The number of aryl methyl sites for hydroxylation is 3. The lowest BCUT2D eigenvalue weighted by Gasteiger charge is -2.09. The molecule has 0 unspecified atom stereocenters. The van der Waals surface area contributed by atoms with Crippen LogP contribution in [0.3, 0.4) is 0 Å². The highest BCUT2D eigenvalue weighted by atomic mass is 35.5. The highest BCUT2D eigenvalue weighted by Gasteiger charge is 2.20. The number of hydrogen-bond donors (Lipinski definition) is 2. The number of carbonyl (C=O) groups is 1. The lowest BCUT2D eigenvalue weighted by Crippen LogP contribution is -2.41. The SMILES string of the molecule is Cc1ccc(S(=O)(=O)NNC(=O)c2cc(C)oc2C)c(Cl)c1. The van der Waals surface area contributed by atoms with Crippen LogP contribution in [0.2, 0.25) is 5.02 Å². The molecular formula is C14H15ClN2O4S. The van der Waals surface area contributed by atoms with Crippen LogP contribution in [0.5, 0.6) is 0 Å². The number of rotatable bonds is 4. The molecule has 1 heterocycles. The molecule has 1 aromatic carbocycles. The molecule has 0 aliphatic heterocycles. The molecule has 0 fully saturated rings. The van der Waals surface area contributed by atoms with E-state index in [1.165, 1.54) is 18.2 Å². The van der Waals surface area contributed by atoms with Crippen molar-refractivity contribution in [2.24, 2.45) is 0 Å². The number of hydrogen-bond acceptors (Lipinski definition) is 4. The minimum Gasteiger partial charge on any atom is -0.466 e. The fourth-order valence-corrected chi connectivity index (χ4v) is 3.36. The van der Waals surface area contributed by atoms with Gasteiger partial charge in [0.1, 0.15) is 16.4 Å². The fourth-order valence-electron chi connectivity index (χ4n) is 1.92. The average molecular weight is 343 g/mol. The number of benzene rings is 1. The normalized spacial score (nSPS) is 11.5. The Balaban J connectivity index is 2.16. The minimum atomic E-state index is -3.96. The summed E-state index contributed by atoms with van der Waals surface area (Å²) in [4.78, 5) is 13.9. The summed E-state index contributed by atoms with van der Waals surface area (Å²) in [6.45, 7) is 5.11. The number of amides is 1. The van der Waals surface area contributed by atoms with Crippen LogP contribution < -0.4 is 10.3 Å². The van der Waals surface area contributed by atoms with Crippen LogP contribution in [0.4, 0.5) is 0 Å². The molecule has 0 atom stereocenters. The lowest BCUT2D eigenvalue weighted by molar-refractivity contribution is 0.0943. The molecule has 2 N–H and O–H groups in total. The van der Waals surface area contributed by atoms with Crippen molar-refractivity contribution in [1.29, 1.82) is 0 Å². The Morgan fingerprint density at radius 1 is 1.18 bits per heavy atom. The molecule has 0 bridgehead atoms. The molecule has 22 heavy (non-hydrogen) atoms. The summed E-state index contributed by atoms with van der Waals surface area (Å²) in [5, 5.41) is 0.0806. The van der Waals surface area contributed by atoms with Gasteiger partial charge in [0.05, 0.1) is 10.6 Å². The summed E-state index contributed by atoms with van der Waals surface area (Å²) >= 11 is 5.93. The molecule has 8 heteroatoms. The second kappa shape index (κ2) is 6.12. The Bertz CT molecular complexity index is 827. The van der Waals surface area contributed by atoms with Crippen molar-refractivity contribution in [3.63, 3.8) is 0 Å². The summed E-state index contributed by atoms with van der Waals surface area (Å²) in [6.07, 6.45) is 0. The molecule has 1 amide bonds. The van der Waals surface area contributed by atoms with Gasteiger partial charge in [0.25, 0.3) is 15.9 Å². The zero-order valence-electron chi connectivity index (χ0n) is 12.2. The van der Waals surface area contributed by atoms with Crippen molar-refractivity contribution in [2.45, 2.75) is 25.7 Å². The molecule has 0 saturated heterocycles. The predicted octanol–water partition coefficient (Wildman–Crippen LogP) is 2.48. The third kappa shape index (κ3) is 3.49. The van der Waals surface area contributed by atoms with Crippen LogP contribution in [0.25, 0.3) is 0 Å². The third-order valence-corrected chi connectivity index (χ3v) is 4.69. The van der Waals surface area contributed by atoms with Crippen molar-refractivity contribution >= 4 is 27.5 Å². The largest absolute Gasteiger partial charge is 0.466 e. The first-order chi connectivity index (χ1) is 10.2. The van der Waals surface area contributed by atoms with E-state index in [1.54, 1.807) is 26.8 Å². The van der Waals surface area contributed by atoms with E-state index >= 15 is 0 Å². The van der Waals surface area contributed by atoms with Gasteiger partial charge in [-0.25, -0.2) is 8.42 Å². The van der Waals surface area contributed by atoms with E-state index in [9.17, 15) is 13.2 Å². The van der Waals surface area contributed by atoms with Gasteiger partial charge in [-0.2, -0.15) is 0 Å². The Hall–Kier alpha value is -1.83. The first-order valence-corrected chi connectivity index (χ1v) is 8.22. The summed E-state index contributed by atoms with van der Waals surface area (Å²) in [5.74, 6) is 0.357. The zero-order valence-corrected chi connectivity index (χ0v) is 13.8. The smallest absolute Gasteiger partial charge is 0.269 e. The van der Waals surface area contributed by atoms with Gasteiger partial charge >= 0.3 is 0 Å². The van der Waals surface area contributed by atoms with Crippen molar-refractivity contribution < 1.29 is 17.6 Å². The second-order valence-corrected chi connectivity index (χ2v) is 6.88. The number of sulfonamides is 1. The number of hydrazine groups is 1. The summed E-state index contributed by atoms with van der Waals surface area (Å²) in [7, 11) is -3.96. The maximum atomic E-state index is 12.2. The topological polar surface area (TPSA) is 88.4 Å². The molecule has 0 spiro atoms. The minimum absolute atomic E-state index is 0.0806.